The van der Waals surface area contributed by atoms with Crippen LogP contribution in [0.5, 0.6) is 0 Å². The zero-order chi connectivity index (χ0) is 9.35. The van der Waals surface area contributed by atoms with Crippen LogP contribution in [0.4, 0.5) is 12.9 Å². The van der Waals surface area contributed by atoms with Gasteiger partial charge in [-0.15, -0.1) is 0 Å². The van der Waals surface area contributed by atoms with Gasteiger partial charge in [0.05, 0.1) is 6.33 Å². The Hall–Kier alpha value is 2.16. The first-order valence-corrected chi connectivity index (χ1v) is 5.13. The molecule has 0 saturated carbocycles. The van der Waals surface area contributed by atoms with Crippen LogP contribution in [-0.4, -0.2) is 16.5 Å². The molecule has 0 aromatic carbocycles. The third-order valence-corrected chi connectivity index (χ3v) is 4.09. The molecule has 0 bridgehead atoms. The second-order valence-electron chi connectivity index (χ2n) is 2.19. The van der Waals surface area contributed by atoms with Crippen LogP contribution in [0.15, 0.2) is 6.33 Å². The van der Waals surface area contributed by atoms with Gasteiger partial charge in [-0.1, -0.05) is 0 Å². The van der Waals surface area contributed by atoms with Crippen LogP contribution in [0.25, 0.3) is 0 Å². The molecule has 0 fully saturated rings. The Bertz CT molecular complexity index is 289. The normalized spacial score (nSPS) is 11.2. The summed E-state index contributed by atoms with van der Waals surface area (Å²) in [7, 11) is 0. The van der Waals surface area contributed by atoms with Crippen LogP contribution in [0.2, 0.25) is 0 Å². The van der Waals surface area contributed by atoms with E-state index in [1.54, 1.807) is 0 Å². The number of hydrogen-bond donors (Lipinski definition) is 0. The number of aromatic nitrogens is 2. The van der Waals surface area contributed by atoms with E-state index in [9.17, 15) is 12.9 Å². The van der Waals surface area contributed by atoms with Crippen molar-refractivity contribution < 1.29 is 64.3 Å². The van der Waals surface area contributed by atoms with Crippen molar-refractivity contribution in [2.45, 2.75) is 6.44 Å². The average Bonchev–Trinajstić information content (AvgIpc) is 2.16. The van der Waals surface area contributed by atoms with Gasteiger partial charge in [0.15, 0.2) is 0 Å². The Morgan fingerprint density at radius 1 is 1.38 bits per heavy atom. The number of nitrogens with zero attached hydrogens (tertiary/aromatic N) is 2. The average molecular weight is 440 g/mol. The SMILES string of the molecule is F[B-](F)(F)Cn1cnc(I)c1I.[K+]. The first kappa shape index (κ1) is 15.2. The van der Waals surface area contributed by atoms with Gasteiger partial charge in [-0.05, 0) is 51.6 Å². The summed E-state index contributed by atoms with van der Waals surface area (Å²) in [6, 6.07) is 0. The molecule has 0 radical (unpaired) electrons. The summed E-state index contributed by atoms with van der Waals surface area (Å²) >= 11 is 3.74. The summed E-state index contributed by atoms with van der Waals surface area (Å²) in [6.45, 7) is -4.77. The molecule has 9 heteroatoms. The van der Waals surface area contributed by atoms with Crippen LogP contribution in [0.3, 0.4) is 0 Å². The maximum atomic E-state index is 11.9. The van der Waals surface area contributed by atoms with E-state index in [0.29, 0.717) is 7.40 Å². The monoisotopic (exact) mass is 440 g/mol. The summed E-state index contributed by atoms with van der Waals surface area (Å²) < 4.78 is 38.1. The molecule has 2 nitrogen and oxygen atoms in total. The third kappa shape index (κ3) is 5.15. The molecule has 1 aromatic rings. The van der Waals surface area contributed by atoms with E-state index in [0.717, 1.165) is 4.57 Å². The molecule has 0 aliphatic carbocycles. The van der Waals surface area contributed by atoms with Crippen LogP contribution in [0, 0.1) is 7.40 Å². The predicted octanol–water partition coefficient (Wildman–Crippen LogP) is -0.517. The second-order valence-corrected chi connectivity index (χ2v) is 4.23. The molecule has 0 amide bonds. The molecule has 0 N–H and O–H groups in total. The Balaban J connectivity index is 0.00000144. The third-order valence-electron chi connectivity index (χ3n) is 1.14. The topological polar surface area (TPSA) is 17.8 Å². The van der Waals surface area contributed by atoms with Crippen LogP contribution < -0.4 is 51.4 Å². The molecule has 0 saturated heterocycles. The summed E-state index contributed by atoms with van der Waals surface area (Å²) in [4.78, 5) is 3.75. The fraction of sp³-hybridized carbons (Fsp3) is 0.250. The number of imidazole rings is 1. The van der Waals surface area contributed by atoms with Crippen molar-refractivity contribution in [1.82, 2.24) is 9.55 Å². The minimum Gasteiger partial charge on any atom is -0.448 e. The van der Waals surface area contributed by atoms with Gasteiger partial charge >= 0.3 is 58.4 Å². The molecule has 0 spiro atoms. The molecular formula is C4H3BF3I2KN2. The van der Waals surface area contributed by atoms with Gasteiger partial charge in [0.1, 0.15) is 7.40 Å². The van der Waals surface area contributed by atoms with Gasteiger partial charge in [-0.3, -0.25) is 0 Å². The van der Waals surface area contributed by atoms with E-state index in [2.05, 4.69) is 4.98 Å². The molecule has 0 aliphatic heterocycles. The van der Waals surface area contributed by atoms with Gasteiger partial charge in [0, 0.05) is 0 Å². The summed E-state index contributed by atoms with van der Waals surface area (Å²) in [5.74, 6) is 0. The fourth-order valence-corrected chi connectivity index (χ4v) is 1.59. The van der Waals surface area contributed by atoms with Crippen LogP contribution in [-0.2, 0) is 6.44 Å². The quantitative estimate of drug-likeness (QED) is 0.448. The van der Waals surface area contributed by atoms with Crippen molar-refractivity contribution in [2.24, 2.45) is 0 Å². The van der Waals surface area contributed by atoms with E-state index in [4.69, 9.17) is 0 Å². The van der Waals surface area contributed by atoms with Crippen molar-refractivity contribution in [3.63, 3.8) is 0 Å². The minimum absolute atomic E-state index is 0. The maximum Gasteiger partial charge on any atom is 1.00 e. The van der Waals surface area contributed by atoms with E-state index in [-0.39, 0.29) is 51.4 Å². The van der Waals surface area contributed by atoms with Gasteiger partial charge in [0.2, 0.25) is 0 Å². The van der Waals surface area contributed by atoms with Crippen LogP contribution >= 0.6 is 45.2 Å². The molecule has 1 heterocycles. The standard InChI is InChI=1S/C4H3BF3I2N2.K/c6-5(7,8)1-12-2-11-3(9)4(12)10;/h2H,1H2;/q-1;+1. The van der Waals surface area contributed by atoms with Crippen LogP contribution in [0.1, 0.15) is 0 Å². The zero-order valence-corrected chi connectivity index (χ0v) is 14.1. The van der Waals surface area contributed by atoms with Gasteiger partial charge in [0.25, 0.3) is 0 Å². The number of hydrogen-bond acceptors (Lipinski definition) is 1. The minimum atomic E-state index is -4.77. The Morgan fingerprint density at radius 2 is 1.92 bits per heavy atom. The van der Waals surface area contributed by atoms with Crippen molar-refractivity contribution >= 4 is 52.2 Å². The fourth-order valence-electron chi connectivity index (χ4n) is 0.693. The number of halogens is 5. The summed E-state index contributed by atoms with van der Waals surface area (Å²) in [5, 5.41) is 0. The Morgan fingerprint density at radius 3 is 2.23 bits per heavy atom. The molecule has 1 rings (SSSR count). The summed E-state index contributed by atoms with van der Waals surface area (Å²) in [5.41, 5.74) is 0. The van der Waals surface area contributed by atoms with Crippen molar-refractivity contribution in [1.29, 1.82) is 0 Å². The molecular weight excluding hydrogens is 437 g/mol. The van der Waals surface area contributed by atoms with E-state index in [1.807, 2.05) is 45.2 Å². The largest absolute Gasteiger partial charge is 1.00 e. The van der Waals surface area contributed by atoms with Crippen molar-refractivity contribution in [3.8, 4) is 0 Å². The number of rotatable bonds is 2. The predicted molar refractivity (Wildman–Crippen MR) is 56.7 cm³/mol. The van der Waals surface area contributed by atoms with Gasteiger partial charge < -0.3 is 17.5 Å². The second kappa shape index (κ2) is 6.03. The van der Waals surface area contributed by atoms with E-state index in [1.165, 1.54) is 6.33 Å². The molecule has 68 valence electrons. The Kier molecular flexibility index (Phi) is 7.04. The molecule has 1 aromatic heterocycles. The smallest absolute Gasteiger partial charge is 0.448 e. The first-order valence-electron chi connectivity index (χ1n) is 2.97. The maximum absolute atomic E-state index is 11.9. The zero-order valence-electron chi connectivity index (χ0n) is 6.65. The van der Waals surface area contributed by atoms with E-state index >= 15 is 0 Å². The molecule has 0 aliphatic rings. The summed E-state index contributed by atoms with van der Waals surface area (Å²) in [6.07, 6.45) is 0.299. The van der Waals surface area contributed by atoms with Gasteiger partial charge in [-0.2, -0.15) is 0 Å². The van der Waals surface area contributed by atoms with E-state index < -0.39 is 13.4 Å². The molecule has 0 unspecified atom stereocenters. The first-order chi connectivity index (χ1) is 5.40. The molecule has 0 atom stereocenters. The van der Waals surface area contributed by atoms with Crippen molar-refractivity contribution in [2.75, 3.05) is 0 Å². The van der Waals surface area contributed by atoms with Gasteiger partial charge in [-0.25, -0.2) is 4.98 Å². The Labute approximate surface area is 143 Å². The van der Waals surface area contributed by atoms with Crippen molar-refractivity contribution in [3.05, 3.63) is 13.7 Å². The molecule has 13 heavy (non-hydrogen) atoms.